The number of sulfonamides is 1. The smallest absolute Gasteiger partial charge is 0.244 e. The van der Waals surface area contributed by atoms with Crippen LogP contribution < -0.4 is 15.8 Å². The van der Waals surface area contributed by atoms with E-state index in [1.807, 2.05) is 13.8 Å². The average Bonchev–Trinajstić information content (AvgIpc) is 3.18. The number of hydrogen-bond donors (Lipinski definition) is 3. The molecular weight excluding hydrogens is 356 g/mol. The minimum Gasteiger partial charge on any atom is -0.383 e. The Balaban J connectivity index is 2.03. The normalized spacial score (nSPS) is 17.1. The predicted molar refractivity (Wildman–Crippen MR) is 86.1 cm³/mol. The number of nitrogen functional groups attached to an aromatic ring is 1. The quantitative estimate of drug-likeness (QED) is 0.669. The second-order valence-electron chi connectivity index (χ2n) is 5.70. The summed E-state index contributed by atoms with van der Waals surface area (Å²) in [4.78, 5) is 3.86. The van der Waals surface area contributed by atoms with Crippen molar-refractivity contribution in [1.29, 1.82) is 0 Å². The van der Waals surface area contributed by atoms with E-state index < -0.39 is 10.0 Å². The van der Waals surface area contributed by atoms with Crippen LogP contribution in [0.4, 0.5) is 5.82 Å². The SMILES string of the molecule is C[C](C)CNC1(CNS(=O)(=O)c2cc(Br)cnc2N)CC1. The second kappa shape index (κ2) is 6.20. The van der Waals surface area contributed by atoms with Gasteiger partial charge in [-0.1, -0.05) is 13.8 Å². The minimum atomic E-state index is -3.66. The Morgan fingerprint density at radius 2 is 2.14 bits per heavy atom. The summed E-state index contributed by atoms with van der Waals surface area (Å²) in [5.41, 5.74) is 5.53. The van der Waals surface area contributed by atoms with Gasteiger partial charge in [-0.15, -0.1) is 0 Å². The molecule has 0 amide bonds. The lowest BCUT2D eigenvalue weighted by atomic mass is 10.2. The highest BCUT2D eigenvalue weighted by atomic mass is 79.9. The van der Waals surface area contributed by atoms with Crippen LogP contribution in [-0.2, 0) is 10.0 Å². The molecule has 0 aliphatic heterocycles. The van der Waals surface area contributed by atoms with Gasteiger partial charge in [0.05, 0.1) is 0 Å². The van der Waals surface area contributed by atoms with Gasteiger partial charge in [-0.3, -0.25) is 0 Å². The fourth-order valence-electron chi connectivity index (χ4n) is 1.89. The Kier molecular flexibility index (Phi) is 4.92. The van der Waals surface area contributed by atoms with E-state index in [1.54, 1.807) is 0 Å². The molecule has 117 valence electrons. The van der Waals surface area contributed by atoms with Gasteiger partial charge in [-0.05, 0) is 40.8 Å². The number of nitrogens with one attached hydrogen (secondary N) is 2. The predicted octanol–water partition coefficient (Wildman–Crippen LogP) is 1.44. The van der Waals surface area contributed by atoms with Crippen LogP contribution in [0.3, 0.4) is 0 Å². The number of hydrogen-bond acceptors (Lipinski definition) is 5. The van der Waals surface area contributed by atoms with Gasteiger partial charge in [0.25, 0.3) is 0 Å². The van der Waals surface area contributed by atoms with Gasteiger partial charge in [0, 0.05) is 29.3 Å². The molecule has 1 heterocycles. The van der Waals surface area contributed by atoms with Crippen LogP contribution in [0.25, 0.3) is 0 Å². The van der Waals surface area contributed by atoms with Crippen LogP contribution >= 0.6 is 15.9 Å². The van der Waals surface area contributed by atoms with E-state index in [2.05, 4.69) is 31.0 Å². The first kappa shape index (κ1) is 16.7. The minimum absolute atomic E-state index is 0.00115. The highest BCUT2D eigenvalue weighted by Crippen LogP contribution is 2.35. The lowest BCUT2D eigenvalue weighted by Gasteiger charge is -2.19. The van der Waals surface area contributed by atoms with Crippen molar-refractivity contribution >= 4 is 31.8 Å². The number of nitrogens with zero attached hydrogens (tertiary/aromatic N) is 1. The molecule has 8 heteroatoms. The Bertz CT molecular complexity index is 615. The summed E-state index contributed by atoms with van der Waals surface area (Å²) in [6, 6.07) is 1.46. The fraction of sp³-hybridized carbons (Fsp3) is 0.538. The molecule has 1 radical (unpaired) electrons. The van der Waals surface area contributed by atoms with Crippen molar-refractivity contribution in [3.63, 3.8) is 0 Å². The molecule has 0 unspecified atom stereocenters. The molecule has 0 spiro atoms. The molecule has 1 aliphatic rings. The first-order chi connectivity index (χ1) is 9.74. The maximum atomic E-state index is 12.3. The third-order valence-corrected chi connectivity index (χ3v) is 5.27. The van der Waals surface area contributed by atoms with Gasteiger partial charge >= 0.3 is 0 Å². The number of halogens is 1. The van der Waals surface area contributed by atoms with Gasteiger partial charge in [0.15, 0.2) is 0 Å². The highest BCUT2D eigenvalue weighted by Gasteiger charge is 2.43. The Labute approximate surface area is 134 Å². The molecule has 1 aliphatic carbocycles. The Hall–Kier alpha value is -0.700. The van der Waals surface area contributed by atoms with Gasteiger partial charge in [0.2, 0.25) is 10.0 Å². The molecule has 21 heavy (non-hydrogen) atoms. The van der Waals surface area contributed by atoms with Crippen molar-refractivity contribution in [1.82, 2.24) is 15.0 Å². The Morgan fingerprint density at radius 1 is 1.48 bits per heavy atom. The van der Waals surface area contributed by atoms with Crippen LogP contribution in [0.2, 0.25) is 0 Å². The molecule has 0 aromatic carbocycles. The molecule has 1 aromatic rings. The third-order valence-electron chi connectivity index (χ3n) is 3.41. The monoisotopic (exact) mass is 375 g/mol. The second-order valence-corrected chi connectivity index (χ2v) is 8.35. The zero-order valence-electron chi connectivity index (χ0n) is 12.1. The zero-order chi connectivity index (χ0) is 15.7. The molecule has 1 aromatic heterocycles. The first-order valence-electron chi connectivity index (χ1n) is 6.69. The summed E-state index contributed by atoms with van der Waals surface area (Å²) in [6.45, 7) is 5.24. The summed E-state index contributed by atoms with van der Waals surface area (Å²) in [5, 5.41) is 3.40. The van der Waals surface area contributed by atoms with E-state index >= 15 is 0 Å². The number of pyridine rings is 1. The van der Waals surface area contributed by atoms with Crippen LogP contribution in [0.15, 0.2) is 21.6 Å². The molecular formula is C13H20BrN4O2S. The summed E-state index contributed by atoms with van der Waals surface area (Å²) in [7, 11) is -3.66. The third kappa shape index (κ3) is 4.38. The van der Waals surface area contributed by atoms with Crippen molar-refractivity contribution < 1.29 is 8.42 Å². The first-order valence-corrected chi connectivity index (χ1v) is 8.96. The molecule has 1 saturated carbocycles. The number of aromatic nitrogens is 1. The Morgan fingerprint density at radius 3 is 2.71 bits per heavy atom. The van der Waals surface area contributed by atoms with Crippen LogP contribution in [0, 0.1) is 5.92 Å². The van der Waals surface area contributed by atoms with Crippen molar-refractivity contribution in [2.24, 2.45) is 0 Å². The topological polar surface area (TPSA) is 97.1 Å². The van der Waals surface area contributed by atoms with E-state index in [0.717, 1.165) is 19.4 Å². The van der Waals surface area contributed by atoms with E-state index in [9.17, 15) is 8.42 Å². The van der Waals surface area contributed by atoms with Crippen molar-refractivity contribution in [2.75, 3.05) is 18.8 Å². The lowest BCUT2D eigenvalue weighted by molar-refractivity contribution is 0.491. The maximum Gasteiger partial charge on any atom is 0.244 e. The summed E-state index contributed by atoms with van der Waals surface area (Å²) < 4.78 is 27.9. The van der Waals surface area contributed by atoms with Crippen molar-refractivity contribution in [3.05, 3.63) is 22.7 Å². The maximum absolute atomic E-state index is 12.3. The lowest BCUT2D eigenvalue weighted by Crippen LogP contribution is -2.44. The van der Waals surface area contributed by atoms with Gasteiger partial charge in [-0.2, -0.15) is 0 Å². The molecule has 1 fully saturated rings. The highest BCUT2D eigenvalue weighted by molar-refractivity contribution is 9.10. The van der Waals surface area contributed by atoms with Gasteiger partial charge in [-0.25, -0.2) is 18.1 Å². The molecule has 4 N–H and O–H groups in total. The standard InChI is InChI=1S/C13H20BrN4O2S/c1-9(2)6-17-13(3-4-13)8-18-21(19,20)11-5-10(14)7-16-12(11)15/h5,7,17-18H,3-4,6,8H2,1-2H3,(H2,15,16). The van der Waals surface area contributed by atoms with Crippen LogP contribution in [0.1, 0.15) is 26.7 Å². The van der Waals surface area contributed by atoms with E-state index in [0.29, 0.717) is 11.0 Å². The summed E-state index contributed by atoms with van der Waals surface area (Å²) in [5.74, 6) is 1.27. The molecule has 0 saturated heterocycles. The fourth-order valence-corrected chi connectivity index (χ4v) is 3.60. The van der Waals surface area contributed by atoms with E-state index in [1.165, 1.54) is 18.2 Å². The molecule has 6 nitrogen and oxygen atoms in total. The summed E-state index contributed by atoms with van der Waals surface area (Å²) in [6.07, 6.45) is 3.40. The number of anilines is 1. The van der Waals surface area contributed by atoms with Crippen molar-refractivity contribution in [2.45, 2.75) is 37.1 Å². The summed E-state index contributed by atoms with van der Waals surface area (Å²) >= 11 is 3.21. The zero-order valence-corrected chi connectivity index (χ0v) is 14.5. The number of rotatable bonds is 7. The van der Waals surface area contributed by atoms with E-state index in [-0.39, 0.29) is 16.3 Å². The van der Waals surface area contributed by atoms with Gasteiger partial charge in [0.1, 0.15) is 10.7 Å². The number of nitrogens with two attached hydrogens (primary N) is 1. The largest absolute Gasteiger partial charge is 0.383 e. The van der Waals surface area contributed by atoms with Crippen molar-refractivity contribution in [3.8, 4) is 0 Å². The van der Waals surface area contributed by atoms with Crippen LogP contribution in [-0.4, -0.2) is 32.0 Å². The van der Waals surface area contributed by atoms with E-state index in [4.69, 9.17) is 5.73 Å². The average molecular weight is 376 g/mol. The molecule has 0 atom stereocenters. The van der Waals surface area contributed by atoms with Gasteiger partial charge < -0.3 is 11.1 Å². The molecule has 0 bridgehead atoms. The molecule has 2 rings (SSSR count). The van der Waals surface area contributed by atoms with Crippen LogP contribution in [0.5, 0.6) is 0 Å².